The number of nitrogens with one attached hydrogen (secondary N) is 2. The van der Waals surface area contributed by atoms with Crippen LogP contribution in [0.4, 0.5) is 0 Å². The summed E-state index contributed by atoms with van der Waals surface area (Å²) in [6.45, 7) is 11.4. The van der Waals surface area contributed by atoms with Crippen molar-refractivity contribution in [1.29, 1.82) is 0 Å². The van der Waals surface area contributed by atoms with E-state index in [9.17, 15) is 0 Å². The molecule has 27 heavy (non-hydrogen) atoms. The Balaban J connectivity index is 1.36. The molecule has 1 aliphatic heterocycles. The van der Waals surface area contributed by atoms with Gasteiger partial charge in [-0.05, 0) is 37.5 Å². The van der Waals surface area contributed by atoms with Gasteiger partial charge >= 0.3 is 0 Å². The molecule has 0 unspecified atom stereocenters. The van der Waals surface area contributed by atoms with Gasteiger partial charge < -0.3 is 19.3 Å². The van der Waals surface area contributed by atoms with Gasteiger partial charge in [0.15, 0.2) is 11.5 Å². The molecule has 4 heteroatoms. The van der Waals surface area contributed by atoms with Gasteiger partial charge in [-0.2, -0.15) is 0 Å². The maximum absolute atomic E-state index is 6.01. The van der Waals surface area contributed by atoms with Gasteiger partial charge in [-0.25, -0.2) is 0 Å². The van der Waals surface area contributed by atoms with Crippen LogP contribution in [0.25, 0.3) is 0 Å². The minimum absolute atomic E-state index is 0.566. The van der Waals surface area contributed by atoms with Gasteiger partial charge in [-0.1, -0.05) is 42.5 Å². The lowest BCUT2D eigenvalue weighted by Crippen LogP contribution is -3.28. The summed E-state index contributed by atoms with van der Waals surface area (Å²) >= 11 is 0. The Morgan fingerprint density at radius 3 is 2.07 bits per heavy atom. The minimum Gasteiger partial charge on any atom is -0.490 e. The highest BCUT2D eigenvalue weighted by Gasteiger charge is 2.20. The molecule has 1 fully saturated rings. The summed E-state index contributed by atoms with van der Waals surface area (Å²) in [7, 11) is 0. The Labute approximate surface area is 163 Å². The molecule has 0 saturated carbocycles. The van der Waals surface area contributed by atoms with Gasteiger partial charge in [0.1, 0.15) is 32.8 Å². The van der Waals surface area contributed by atoms with Crippen LogP contribution in [-0.2, 0) is 6.61 Å². The number of likely N-dealkylation sites (N-methyl/N-ethyl adjacent to an activating group) is 1. The number of quaternary nitrogens is 2. The van der Waals surface area contributed by atoms with Crippen molar-refractivity contribution >= 4 is 0 Å². The van der Waals surface area contributed by atoms with Crippen molar-refractivity contribution in [2.45, 2.75) is 26.4 Å². The van der Waals surface area contributed by atoms with E-state index in [4.69, 9.17) is 9.47 Å². The van der Waals surface area contributed by atoms with E-state index in [1.165, 1.54) is 51.3 Å². The van der Waals surface area contributed by atoms with Crippen molar-refractivity contribution in [3.63, 3.8) is 0 Å². The van der Waals surface area contributed by atoms with Crippen LogP contribution < -0.4 is 19.3 Å². The largest absolute Gasteiger partial charge is 0.490 e. The van der Waals surface area contributed by atoms with E-state index in [0.29, 0.717) is 6.61 Å². The highest BCUT2D eigenvalue weighted by atomic mass is 16.5. The first-order chi connectivity index (χ1) is 13.3. The molecule has 1 saturated heterocycles. The SMILES string of the molecule is CC[NH+]1CC[NH+](CCCCOc2ccccc2OCc2ccccc2)CC1. The van der Waals surface area contributed by atoms with Crippen molar-refractivity contribution in [3.05, 3.63) is 60.2 Å². The molecule has 4 nitrogen and oxygen atoms in total. The standard InChI is InChI=1S/C23H32N2O2/c1-2-24-15-17-25(18-16-24)14-8-9-19-26-22-12-6-7-13-23(22)27-20-21-10-4-3-5-11-21/h3-7,10-13H,2,8-9,14-20H2,1H3/p+2. The summed E-state index contributed by atoms with van der Waals surface area (Å²) in [5.74, 6) is 1.67. The van der Waals surface area contributed by atoms with Gasteiger partial charge in [-0.15, -0.1) is 0 Å². The van der Waals surface area contributed by atoms with Crippen molar-refractivity contribution in [3.8, 4) is 11.5 Å². The van der Waals surface area contributed by atoms with Crippen LogP contribution in [0, 0.1) is 0 Å². The second-order valence-corrected chi connectivity index (χ2v) is 7.38. The number of hydrogen-bond acceptors (Lipinski definition) is 2. The number of para-hydroxylation sites is 2. The van der Waals surface area contributed by atoms with E-state index in [0.717, 1.165) is 24.5 Å². The highest BCUT2D eigenvalue weighted by molar-refractivity contribution is 5.39. The third-order valence-corrected chi connectivity index (χ3v) is 5.43. The zero-order valence-corrected chi connectivity index (χ0v) is 16.6. The fraction of sp³-hybridized carbons (Fsp3) is 0.478. The predicted molar refractivity (Wildman–Crippen MR) is 109 cm³/mol. The second-order valence-electron chi connectivity index (χ2n) is 7.38. The molecule has 2 N–H and O–H groups in total. The fourth-order valence-electron chi connectivity index (χ4n) is 3.64. The first-order valence-electron chi connectivity index (χ1n) is 10.4. The van der Waals surface area contributed by atoms with Crippen molar-refractivity contribution < 1.29 is 19.3 Å². The van der Waals surface area contributed by atoms with Crippen LogP contribution in [0.3, 0.4) is 0 Å². The summed E-state index contributed by atoms with van der Waals surface area (Å²) in [5, 5.41) is 0. The summed E-state index contributed by atoms with van der Waals surface area (Å²) < 4.78 is 12.0. The maximum Gasteiger partial charge on any atom is 0.161 e. The lowest BCUT2D eigenvalue weighted by atomic mass is 10.2. The van der Waals surface area contributed by atoms with E-state index < -0.39 is 0 Å². The first-order valence-corrected chi connectivity index (χ1v) is 10.4. The molecule has 0 aromatic heterocycles. The monoisotopic (exact) mass is 370 g/mol. The van der Waals surface area contributed by atoms with Gasteiger partial charge in [0.05, 0.1) is 19.7 Å². The van der Waals surface area contributed by atoms with E-state index in [-0.39, 0.29) is 0 Å². The molecule has 0 aliphatic carbocycles. The molecule has 0 bridgehead atoms. The molecule has 1 heterocycles. The quantitative estimate of drug-likeness (QED) is 0.616. The zero-order chi connectivity index (χ0) is 18.7. The molecule has 0 amide bonds. The molecule has 2 aromatic rings. The van der Waals surface area contributed by atoms with Gasteiger partial charge in [0.25, 0.3) is 0 Å². The number of benzene rings is 2. The molecular weight excluding hydrogens is 336 g/mol. The summed E-state index contributed by atoms with van der Waals surface area (Å²) in [6, 6.07) is 18.2. The van der Waals surface area contributed by atoms with E-state index >= 15 is 0 Å². The van der Waals surface area contributed by atoms with Crippen LogP contribution in [0.5, 0.6) is 11.5 Å². The number of unbranched alkanes of at least 4 members (excludes halogenated alkanes) is 1. The molecular formula is C23H34N2O2+2. The highest BCUT2D eigenvalue weighted by Crippen LogP contribution is 2.27. The molecule has 0 spiro atoms. The molecule has 0 radical (unpaired) electrons. The fourth-order valence-corrected chi connectivity index (χ4v) is 3.64. The number of rotatable bonds is 10. The molecule has 2 aromatic carbocycles. The number of piperazine rings is 1. The van der Waals surface area contributed by atoms with Gasteiger partial charge in [-0.3, -0.25) is 0 Å². The Morgan fingerprint density at radius 2 is 1.37 bits per heavy atom. The third kappa shape index (κ3) is 6.56. The number of hydrogen-bond donors (Lipinski definition) is 2. The summed E-state index contributed by atoms with van der Waals surface area (Å²) in [6.07, 6.45) is 2.32. The third-order valence-electron chi connectivity index (χ3n) is 5.43. The summed E-state index contributed by atoms with van der Waals surface area (Å²) in [4.78, 5) is 3.52. The van der Waals surface area contributed by atoms with Crippen molar-refractivity contribution in [2.24, 2.45) is 0 Å². The van der Waals surface area contributed by atoms with Crippen LogP contribution in [0.15, 0.2) is 54.6 Å². The maximum atomic E-state index is 6.01. The van der Waals surface area contributed by atoms with E-state index in [1.807, 2.05) is 42.5 Å². The van der Waals surface area contributed by atoms with Crippen LogP contribution in [0.2, 0.25) is 0 Å². The van der Waals surface area contributed by atoms with Crippen molar-refractivity contribution in [1.82, 2.24) is 0 Å². The lowest BCUT2D eigenvalue weighted by molar-refractivity contribution is -1.01. The molecule has 146 valence electrons. The smallest absolute Gasteiger partial charge is 0.161 e. The minimum atomic E-state index is 0.566. The Hall–Kier alpha value is -2.04. The molecule has 0 atom stereocenters. The number of ether oxygens (including phenoxy) is 2. The van der Waals surface area contributed by atoms with Crippen LogP contribution in [-0.4, -0.2) is 45.9 Å². The van der Waals surface area contributed by atoms with Crippen LogP contribution >= 0.6 is 0 Å². The van der Waals surface area contributed by atoms with Gasteiger partial charge in [0, 0.05) is 0 Å². The van der Waals surface area contributed by atoms with Gasteiger partial charge in [0.2, 0.25) is 0 Å². The normalized spacial score (nSPS) is 19.6. The average Bonchev–Trinajstić information content (AvgIpc) is 2.74. The van der Waals surface area contributed by atoms with Crippen LogP contribution in [0.1, 0.15) is 25.3 Å². The Bertz CT molecular complexity index is 654. The predicted octanol–water partition coefficient (Wildman–Crippen LogP) is 1.23. The Morgan fingerprint density at radius 1 is 0.741 bits per heavy atom. The average molecular weight is 371 g/mol. The Kier molecular flexibility index (Phi) is 8.00. The zero-order valence-electron chi connectivity index (χ0n) is 16.6. The van der Waals surface area contributed by atoms with E-state index in [1.54, 1.807) is 9.80 Å². The van der Waals surface area contributed by atoms with Crippen molar-refractivity contribution in [2.75, 3.05) is 45.9 Å². The first kappa shape index (κ1) is 19.7. The second kappa shape index (κ2) is 11.0. The van der Waals surface area contributed by atoms with E-state index in [2.05, 4.69) is 19.1 Å². The topological polar surface area (TPSA) is 27.3 Å². The lowest BCUT2D eigenvalue weighted by Gasteiger charge is -2.28. The molecule has 3 rings (SSSR count). The molecule has 1 aliphatic rings. The summed E-state index contributed by atoms with van der Waals surface area (Å²) in [5.41, 5.74) is 1.17.